The molecule has 0 radical (unpaired) electrons. The monoisotopic (exact) mass is 1220 g/mol. The fourth-order valence-electron chi connectivity index (χ4n) is 19.7. The third-order valence-corrected chi connectivity index (χ3v) is 24.1. The molecule has 466 valence electrons. The van der Waals surface area contributed by atoms with Crippen LogP contribution >= 0.6 is 0 Å². The molecule has 8 aromatic carbocycles. The van der Waals surface area contributed by atoms with Crippen LogP contribution in [0.2, 0.25) is 0 Å². The van der Waals surface area contributed by atoms with E-state index < -0.39 is 0 Å². The largest absolute Gasteiger partial charge is 0.375 e. The van der Waals surface area contributed by atoms with Crippen molar-refractivity contribution >= 4 is 11.6 Å². The van der Waals surface area contributed by atoms with Gasteiger partial charge in [-0.05, 0) is 250 Å². The summed E-state index contributed by atoms with van der Waals surface area (Å²) in [6, 6.07) is 80.2. The summed E-state index contributed by atoms with van der Waals surface area (Å²) < 4.78 is 7.39. The zero-order valence-corrected chi connectivity index (χ0v) is 53.9. The third-order valence-electron chi connectivity index (χ3n) is 24.1. The van der Waals surface area contributed by atoms with Crippen LogP contribution in [0.15, 0.2) is 224 Å². The van der Waals surface area contributed by atoms with Crippen LogP contribution in [0.3, 0.4) is 0 Å². The van der Waals surface area contributed by atoms with Crippen molar-refractivity contribution in [2.75, 3.05) is 0 Å². The quantitative estimate of drug-likeness (QED) is 0.161. The van der Waals surface area contributed by atoms with Gasteiger partial charge in [0.25, 0.3) is 0 Å². The normalized spacial score (nSPS) is 30.8. The van der Waals surface area contributed by atoms with Crippen LogP contribution in [-0.4, -0.2) is 23.8 Å². The van der Waals surface area contributed by atoms with E-state index in [9.17, 15) is 0 Å². The molecule has 6 aliphatic carbocycles. The van der Waals surface area contributed by atoms with Gasteiger partial charge in [-0.3, -0.25) is 9.59 Å². The summed E-state index contributed by atoms with van der Waals surface area (Å²) in [5.41, 5.74) is 12.3. The highest BCUT2D eigenvalue weighted by molar-refractivity contribution is 5.93. The lowest BCUT2D eigenvalue weighted by atomic mass is 9.61. The van der Waals surface area contributed by atoms with E-state index in [1.165, 1.54) is 41.5 Å². The summed E-state index contributed by atoms with van der Waals surface area (Å²) in [6.45, 7) is 0. The van der Waals surface area contributed by atoms with Gasteiger partial charge in [0, 0.05) is 57.1 Å². The van der Waals surface area contributed by atoms with Gasteiger partial charge in [0.1, 0.15) is 11.6 Å². The van der Waals surface area contributed by atoms with Crippen LogP contribution in [0.25, 0.3) is 0 Å². The lowest BCUT2D eigenvalue weighted by Crippen LogP contribution is -2.38. The Kier molecular flexibility index (Phi) is 18.4. The SMILES string of the molecule is O=C1C(c2ccccc2)C(c2ccc(C#Cc3ccccc3)cc2)C2C3CCC(CC3)OC3CCC(CC3)C3C(C(=O)C(c4ccc(C#Cc5ccccc5)cc4)C3c3ccc(C#Cc4ccccc4)cc3)C3CCC(CC3)C(c3ccccc3)CC3CCC(CC3)C12. The maximum Gasteiger partial charge on any atom is 0.144 e. The predicted octanol–water partition coefficient (Wildman–Crippen LogP) is 19.9. The van der Waals surface area contributed by atoms with Gasteiger partial charge < -0.3 is 4.74 Å². The summed E-state index contributed by atoms with van der Waals surface area (Å²) in [5.74, 6) is 24.9. The molecule has 8 aromatic rings. The summed E-state index contributed by atoms with van der Waals surface area (Å²) in [5, 5.41) is 0. The maximum atomic E-state index is 16.3. The van der Waals surface area contributed by atoms with E-state index in [0.29, 0.717) is 53.0 Å². The number of Topliss-reactive ketones (excluding diaryl/α,β-unsaturated/α-hetero) is 2. The first-order valence-electron chi connectivity index (χ1n) is 35.8. The van der Waals surface area contributed by atoms with Gasteiger partial charge in [-0.1, -0.05) is 200 Å². The number of carbonyl (C=O) groups excluding carboxylic acids is 2. The Morgan fingerprint density at radius 3 is 0.925 bits per heavy atom. The fourth-order valence-corrected chi connectivity index (χ4v) is 19.7. The minimum absolute atomic E-state index is 0.0143. The number of ketones is 2. The molecule has 0 amide bonds. The molecule has 0 N–H and O–H groups in total. The third kappa shape index (κ3) is 13.3. The molecule has 13 fully saturated rings. The van der Waals surface area contributed by atoms with Crippen LogP contribution in [0.1, 0.15) is 200 Å². The second kappa shape index (κ2) is 28.1. The molecule has 93 heavy (non-hydrogen) atoms. The van der Waals surface area contributed by atoms with Crippen LogP contribution in [0, 0.1) is 94.7 Å². The smallest absolute Gasteiger partial charge is 0.144 e. The van der Waals surface area contributed by atoms with Crippen molar-refractivity contribution in [2.45, 2.75) is 151 Å². The molecular weight excluding hydrogens is 1130 g/mol. The molecular formula is C90H88O3. The first kappa shape index (κ1) is 60.9. The Hall–Kier alpha value is -8.26. The van der Waals surface area contributed by atoms with Crippen molar-refractivity contribution in [3.8, 4) is 35.5 Å². The Morgan fingerprint density at radius 2 is 0.548 bits per heavy atom. The Bertz CT molecular complexity index is 4000. The Balaban J connectivity index is 0.764. The number of carbonyl (C=O) groups is 2. The van der Waals surface area contributed by atoms with Crippen LogP contribution in [0.4, 0.5) is 0 Å². The van der Waals surface area contributed by atoms with Crippen molar-refractivity contribution in [3.63, 3.8) is 0 Å². The Labute approximate surface area is 554 Å². The van der Waals surface area contributed by atoms with E-state index >= 15 is 9.59 Å². The van der Waals surface area contributed by atoms with Crippen molar-refractivity contribution < 1.29 is 14.3 Å². The van der Waals surface area contributed by atoms with Crippen LogP contribution in [0.5, 0.6) is 0 Å². The topological polar surface area (TPSA) is 43.4 Å². The standard InChI is InChI=1S/C90H88O3/c91-89-85(70-24-14-5-15-25-70)81(71-40-32-64(33-41-71)29-26-61-16-6-1-7-17-61)83-73-52-56-78(57-53-73)93-79-58-54-74(55-59-79)84-82(72-42-34-65(35-43-72)30-27-62-18-8-2-9-19-62)86(75-44-36-66(37-45-75)31-28-63-20-10-3-11-21-63)90(92)88(84)77-50-48-69(49-51-77)80(68-22-12-4-13-23-68)60-67-38-46-76(47-39-67)87(83)89/h1-25,32-37,40-45,67,69,73-74,76-88H,38-39,46-60H2. The minimum Gasteiger partial charge on any atom is -0.375 e. The van der Waals surface area contributed by atoms with Gasteiger partial charge in [0.15, 0.2) is 0 Å². The Morgan fingerprint density at radius 1 is 0.258 bits per heavy atom. The number of hydrogen-bond acceptors (Lipinski definition) is 3. The van der Waals surface area contributed by atoms with Gasteiger partial charge in [-0.15, -0.1) is 0 Å². The van der Waals surface area contributed by atoms with E-state index in [2.05, 4.69) is 205 Å². The van der Waals surface area contributed by atoms with E-state index in [-0.39, 0.29) is 59.6 Å². The molecule has 21 rings (SSSR count). The van der Waals surface area contributed by atoms with Gasteiger partial charge in [0.2, 0.25) is 0 Å². The second-order valence-electron chi connectivity index (χ2n) is 29.1. The molecule has 7 aliphatic heterocycles. The molecule has 0 aromatic heterocycles. The number of benzene rings is 8. The zero-order valence-electron chi connectivity index (χ0n) is 53.9. The van der Waals surface area contributed by atoms with Gasteiger partial charge >= 0.3 is 0 Å². The summed E-state index contributed by atoms with van der Waals surface area (Å²) in [4.78, 5) is 32.3. The zero-order chi connectivity index (χ0) is 62.5. The molecule has 6 saturated carbocycles. The highest BCUT2D eigenvalue weighted by Gasteiger charge is 2.58. The van der Waals surface area contributed by atoms with Crippen molar-refractivity contribution in [2.24, 2.45) is 59.2 Å². The summed E-state index contributed by atoms with van der Waals surface area (Å²) in [7, 11) is 0. The fraction of sp³-hybridized carbons (Fsp3) is 0.378. The first-order chi connectivity index (χ1) is 45.9. The first-order valence-corrected chi connectivity index (χ1v) is 35.8. The molecule has 3 heteroatoms. The summed E-state index contributed by atoms with van der Waals surface area (Å²) >= 11 is 0. The maximum absolute atomic E-state index is 16.3. The van der Waals surface area contributed by atoms with E-state index in [1.807, 2.05) is 54.6 Å². The number of ether oxygens (including phenoxy) is 1. The highest BCUT2D eigenvalue weighted by atomic mass is 16.5. The molecule has 7 heterocycles. The number of rotatable bonds is 5. The minimum atomic E-state index is -0.249. The summed E-state index contributed by atoms with van der Waals surface area (Å²) in [6.07, 6.45) is 19.2. The van der Waals surface area contributed by atoms with Crippen molar-refractivity contribution in [1.82, 2.24) is 0 Å². The lowest BCUT2D eigenvalue weighted by molar-refractivity contribution is -0.126. The van der Waals surface area contributed by atoms with Gasteiger partial charge in [-0.2, -0.15) is 0 Å². The lowest BCUT2D eigenvalue weighted by Gasteiger charge is -2.43. The number of hydrogen-bond donors (Lipinski definition) is 0. The molecule has 0 spiro atoms. The van der Waals surface area contributed by atoms with E-state index in [0.717, 1.165) is 129 Å². The second-order valence-corrected chi connectivity index (χ2v) is 29.1. The van der Waals surface area contributed by atoms with E-state index in [1.54, 1.807) is 0 Å². The van der Waals surface area contributed by atoms with Gasteiger partial charge in [0.05, 0.1) is 24.0 Å². The highest BCUT2D eigenvalue weighted by Crippen LogP contribution is 2.62. The molecule has 9 unspecified atom stereocenters. The molecule has 9 atom stereocenters. The molecule has 3 nitrogen and oxygen atoms in total. The molecule has 8 bridgehead atoms. The van der Waals surface area contributed by atoms with Crippen LogP contribution < -0.4 is 0 Å². The van der Waals surface area contributed by atoms with Crippen molar-refractivity contribution in [3.05, 3.63) is 286 Å². The van der Waals surface area contributed by atoms with Gasteiger partial charge in [-0.25, -0.2) is 0 Å². The van der Waals surface area contributed by atoms with Crippen LogP contribution in [-0.2, 0) is 14.3 Å². The average Bonchev–Trinajstić information content (AvgIpc) is 1.60. The average molecular weight is 1220 g/mol. The molecule has 13 aliphatic rings. The molecule has 7 saturated heterocycles. The van der Waals surface area contributed by atoms with Crippen molar-refractivity contribution in [1.29, 1.82) is 0 Å². The van der Waals surface area contributed by atoms with E-state index in [4.69, 9.17) is 4.74 Å². The predicted molar refractivity (Wildman–Crippen MR) is 375 cm³/mol.